The molecule has 0 aromatic heterocycles. The lowest BCUT2D eigenvalue weighted by atomic mass is 10.0. The van der Waals surface area contributed by atoms with E-state index in [9.17, 15) is 4.79 Å². The Bertz CT molecular complexity index is 435. The standard InChI is InChI=1S/C16H22ClNOS/c1-2-15-5-3-4-10-18(15)16(19)12-20-11-13-6-8-14(17)9-7-13/h6-9,15H,2-5,10-12H2,1H3. The molecule has 0 radical (unpaired) electrons. The van der Waals surface area contributed by atoms with E-state index in [1.807, 2.05) is 24.3 Å². The molecule has 1 aliphatic heterocycles. The average molecular weight is 312 g/mol. The Kier molecular flexibility index (Phi) is 6.24. The molecule has 1 aromatic rings. The highest BCUT2D eigenvalue weighted by Gasteiger charge is 2.24. The van der Waals surface area contributed by atoms with Crippen LogP contribution in [0.25, 0.3) is 0 Å². The molecule has 0 N–H and O–H groups in total. The second-order valence-electron chi connectivity index (χ2n) is 5.26. The number of hydrogen-bond acceptors (Lipinski definition) is 2. The second kappa shape index (κ2) is 7.94. The second-order valence-corrected chi connectivity index (χ2v) is 6.69. The minimum absolute atomic E-state index is 0.301. The predicted molar refractivity (Wildman–Crippen MR) is 87.3 cm³/mol. The van der Waals surface area contributed by atoms with Gasteiger partial charge in [-0.3, -0.25) is 4.79 Å². The van der Waals surface area contributed by atoms with Crippen LogP contribution in [0.3, 0.4) is 0 Å². The lowest BCUT2D eigenvalue weighted by Crippen LogP contribution is -2.44. The molecule has 1 amide bonds. The number of amides is 1. The van der Waals surface area contributed by atoms with E-state index in [0.717, 1.165) is 30.2 Å². The molecule has 0 aliphatic carbocycles. The monoisotopic (exact) mass is 311 g/mol. The van der Waals surface area contributed by atoms with Crippen molar-refractivity contribution >= 4 is 29.3 Å². The summed E-state index contributed by atoms with van der Waals surface area (Å²) in [5.41, 5.74) is 1.22. The maximum absolute atomic E-state index is 12.3. The molecule has 1 fully saturated rings. The molecule has 1 heterocycles. The van der Waals surface area contributed by atoms with Crippen LogP contribution in [0, 0.1) is 0 Å². The number of halogens is 1. The summed E-state index contributed by atoms with van der Waals surface area (Å²) in [4.78, 5) is 14.4. The van der Waals surface area contributed by atoms with Crippen LogP contribution in [0.1, 0.15) is 38.2 Å². The van der Waals surface area contributed by atoms with Crippen molar-refractivity contribution in [2.24, 2.45) is 0 Å². The van der Waals surface area contributed by atoms with Crippen molar-refractivity contribution in [1.82, 2.24) is 4.90 Å². The van der Waals surface area contributed by atoms with Gasteiger partial charge in [0.05, 0.1) is 5.75 Å². The number of benzene rings is 1. The molecule has 1 unspecified atom stereocenters. The average Bonchev–Trinajstić information content (AvgIpc) is 2.49. The molecule has 1 atom stereocenters. The van der Waals surface area contributed by atoms with Crippen LogP contribution >= 0.6 is 23.4 Å². The van der Waals surface area contributed by atoms with Crippen molar-refractivity contribution in [2.45, 2.75) is 44.4 Å². The first kappa shape index (κ1) is 15.7. The lowest BCUT2D eigenvalue weighted by Gasteiger charge is -2.35. The van der Waals surface area contributed by atoms with Crippen molar-refractivity contribution in [1.29, 1.82) is 0 Å². The number of piperidine rings is 1. The van der Waals surface area contributed by atoms with Crippen LogP contribution in [-0.2, 0) is 10.5 Å². The molecular weight excluding hydrogens is 290 g/mol. The fourth-order valence-corrected chi connectivity index (χ4v) is 3.67. The van der Waals surface area contributed by atoms with Gasteiger partial charge >= 0.3 is 0 Å². The van der Waals surface area contributed by atoms with E-state index in [0.29, 0.717) is 17.7 Å². The van der Waals surface area contributed by atoms with Crippen molar-refractivity contribution in [3.63, 3.8) is 0 Å². The van der Waals surface area contributed by atoms with E-state index in [1.165, 1.54) is 18.4 Å². The molecule has 1 aromatic carbocycles. The normalized spacial score (nSPS) is 19.1. The highest BCUT2D eigenvalue weighted by atomic mass is 35.5. The summed E-state index contributed by atoms with van der Waals surface area (Å²) < 4.78 is 0. The Morgan fingerprint density at radius 3 is 2.80 bits per heavy atom. The third-order valence-electron chi connectivity index (χ3n) is 3.83. The van der Waals surface area contributed by atoms with Gasteiger partial charge in [-0.25, -0.2) is 0 Å². The minimum atomic E-state index is 0.301. The van der Waals surface area contributed by atoms with Gasteiger partial charge in [-0.15, -0.1) is 11.8 Å². The van der Waals surface area contributed by atoms with Crippen LogP contribution in [0.2, 0.25) is 5.02 Å². The topological polar surface area (TPSA) is 20.3 Å². The highest BCUT2D eigenvalue weighted by Crippen LogP contribution is 2.21. The highest BCUT2D eigenvalue weighted by molar-refractivity contribution is 7.99. The van der Waals surface area contributed by atoms with E-state index < -0.39 is 0 Å². The van der Waals surface area contributed by atoms with Gasteiger partial charge < -0.3 is 4.90 Å². The maximum atomic E-state index is 12.3. The van der Waals surface area contributed by atoms with Crippen LogP contribution in [-0.4, -0.2) is 29.1 Å². The van der Waals surface area contributed by atoms with Gasteiger partial charge in [0.2, 0.25) is 5.91 Å². The van der Waals surface area contributed by atoms with Crippen LogP contribution < -0.4 is 0 Å². The number of carbonyl (C=O) groups excluding carboxylic acids is 1. The van der Waals surface area contributed by atoms with Crippen molar-refractivity contribution in [3.05, 3.63) is 34.9 Å². The molecule has 1 saturated heterocycles. The van der Waals surface area contributed by atoms with Crippen LogP contribution in [0.15, 0.2) is 24.3 Å². The fraction of sp³-hybridized carbons (Fsp3) is 0.562. The quantitative estimate of drug-likeness (QED) is 0.805. The Hall–Kier alpha value is -0.670. The summed E-state index contributed by atoms with van der Waals surface area (Å²) in [6.07, 6.45) is 4.67. The van der Waals surface area contributed by atoms with Gasteiger partial charge in [-0.2, -0.15) is 0 Å². The van der Waals surface area contributed by atoms with Crippen LogP contribution in [0.5, 0.6) is 0 Å². The number of hydrogen-bond donors (Lipinski definition) is 0. The number of carbonyl (C=O) groups is 1. The molecular formula is C16H22ClNOS. The first-order chi connectivity index (χ1) is 9.70. The van der Waals surface area contributed by atoms with Crippen molar-refractivity contribution in [3.8, 4) is 0 Å². The molecule has 110 valence electrons. The Morgan fingerprint density at radius 2 is 2.10 bits per heavy atom. The molecule has 20 heavy (non-hydrogen) atoms. The zero-order valence-electron chi connectivity index (χ0n) is 12.0. The minimum Gasteiger partial charge on any atom is -0.339 e. The smallest absolute Gasteiger partial charge is 0.232 e. The number of likely N-dealkylation sites (tertiary alicyclic amines) is 1. The van der Waals surface area contributed by atoms with E-state index in [4.69, 9.17) is 11.6 Å². The number of nitrogens with zero attached hydrogens (tertiary/aromatic N) is 1. The van der Waals surface area contributed by atoms with Crippen molar-refractivity contribution < 1.29 is 4.79 Å². The zero-order valence-corrected chi connectivity index (χ0v) is 13.6. The first-order valence-electron chi connectivity index (χ1n) is 7.32. The summed E-state index contributed by atoms with van der Waals surface area (Å²) in [5, 5.41) is 0.758. The summed E-state index contributed by atoms with van der Waals surface area (Å²) in [7, 11) is 0. The van der Waals surface area contributed by atoms with Gasteiger partial charge in [0.1, 0.15) is 0 Å². The van der Waals surface area contributed by atoms with Gasteiger partial charge in [0.25, 0.3) is 0 Å². The molecule has 2 nitrogen and oxygen atoms in total. The number of thioether (sulfide) groups is 1. The van der Waals surface area contributed by atoms with E-state index in [-0.39, 0.29) is 0 Å². The molecule has 1 aliphatic rings. The van der Waals surface area contributed by atoms with Gasteiger partial charge in [-0.05, 0) is 43.4 Å². The van der Waals surface area contributed by atoms with E-state index >= 15 is 0 Å². The maximum Gasteiger partial charge on any atom is 0.232 e. The molecule has 0 spiro atoms. The van der Waals surface area contributed by atoms with E-state index in [2.05, 4.69) is 11.8 Å². The molecule has 0 bridgehead atoms. The third-order valence-corrected chi connectivity index (χ3v) is 5.07. The first-order valence-corrected chi connectivity index (χ1v) is 8.85. The van der Waals surface area contributed by atoms with E-state index in [1.54, 1.807) is 11.8 Å². The largest absolute Gasteiger partial charge is 0.339 e. The summed E-state index contributed by atoms with van der Waals surface area (Å²) in [6.45, 7) is 3.12. The Balaban J connectivity index is 1.78. The predicted octanol–water partition coefficient (Wildman–Crippen LogP) is 4.36. The summed E-state index contributed by atoms with van der Waals surface area (Å²) in [5.74, 6) is 1.75. The third kappa shape index (κ3) is 4.42. The number of rotatable bonds is 5. The summed E-state index contributed by atoms with van der Waals surface area (Å²) in [6, 6.07) is 8.31. The molecule has 2 rings (SSSR count). The van der Waals surface area contributed by atoms with Crippen molar-refractivity contribution in [2.75, 3.05) is 12.3 Å². The van der Waals surface area contributed by atoms with Crippen LogP contribution in [0.4, 0.5) is 0 Å². The van der Waals surface area contributed by atoms with Gasteiger partial charge in [0.15, 0.2) is 0 Å². The Morgan fingerprint density at radius 1 is 1.35 bits per heavy atom. The zero-order chi connectivity index (χ0) is 14.4. The van der Waals surface area contributed by atoms with Gasteiger partial charge in [-0.1, -0.05) is 30.7 Å². The van der Waals surface area contributed by atoms with Gasteiger partial charge in [0, 0.05) is 23.4 Å². The Labute approximate surface area is 130 Å². The SMILES string of the molecule is CCC1CCCCN1C(=O)CSCc1ccc(Cl)cc1. The lowest BCUT2D eigenvalue weighted by molar-refractivity contribution is -0.132. The molecule has 4 heteroatoms. The fourth-order valence-electron chi connectivity index (χ4n) is 2.67. The summed E-state index contributed by atoms with van der Waals surface area (Å²) >= 11 is 7.55. The molecule has 0 saturated carbocycles.